The zero-order valence-corrected chi connectivity index (χ0v) is 15.9. The predicted molar refractivity (Wildman–Crippen MR) is 104 cm³/mol. The second-order valence-electron chi connectivity index (χ2n) is 6.88. The van der Waals surface area contributed by atoms with E-state index in [-0.39, 0.29) is 5.97 Å². The highest BCUT2D eigenvalue weighted by Crippen LogP contribution is 2.23. The summed E-state index contributed by atoms with van der Waals surface area (Å²) in [4.78, 5) is 19.8. The summed E-state index contributed by atoms with van der Waals surface area (Å²) >= 11 is 0. The molecule has 0 amide bonds. The Morgan fingerprint density at radius 3 is 2.42 bits per heavy atom. The standard InChI is InChI=1S/C21H29N3O2/c1-4-20(25)26-19-14-23-21(24-15-19)22-13-18(12-8-9-16(2)3)17-10-6-5-7-11-17/h5-7,10-11,14-16,18H,4,8-9,12-13H2,1-3H3,(H,22,23,24). The van der Waals surface area contributed by atoms with E-state index in [1.807, 2.05) is 6.07 Å². The van der Waals surface area contributed by atoms with Crippen LogP contribution in [-0.4, -0.2) is 22.5 Å². The smallest absolute Gasteiger partial charge is 0.311 e. The van der Waals surface area contributed by atoms with Gasteiger partial charge in [0.05, 0.1) is 12.4 Å². The van der Waals surface area contributed by atoms with Gasteiger partial charge >= 0.3 is 5.97 Å². The molecule has 5 heteroatoms. The van der Waals surface area contributed by atoms with Crippen LogP contribution in [0.5, 0.6) is 5.75 Å². The van der Waals surface area contributed by atoms with Crippen molar-refractivity contribution in [1.29, 1.82) is 0 Å². The molecule has 5 nitrogen and oxygen atoms in total. The molecule has 0 saturated heterocycles. The van der Waals surface area contributed by atoms with Crippen LogP contribution in [0.1, 0.15) is 57.9 Å². The summed E-state index contributed by atoms with van der Waals surface area (Å²) in [5.74, 6) is 1.77. The Kier molecular flexibility index (Phi) is 8.06. The fraction of sp³-hybridized carbons (Fsp3) is 0.476. The van der Waals surface area contributed by atoms with Gasteiger partial charge in [-0.3, -0.25) is 4.79 Å². The minimum absolute atomic E-state index is 0.288. The van der Waals surface area contributed by atoms with E-state index in [0.717, 1.165) is 18.9 Å². The Labute approximate surface area is 156 Å². The first kappa shape index (κ1) is 19.9. The quantitative estimate of drug-likeness (QED) is 0.619. The molecule has 140 valence electrons. The van der Waals surface area contributed by atoms with Crippen LogP contribution in [0.25, 0.3) is 0 Å². The number of benzene rings is 1. The van der Waals surface area contributed by atoms with Crippen molar-refractivity contribution in [3.63, 3.8) is 0 Å². The molecule has 26 heavy (non-hydrogen) atoms. The van der Waals surface area contributed by atoms with Crippen LogP contribution in [0.15, 0.2) is 42.7 Å². The summed E-state index contributed by atoms with van der Waals surface area (Å²) in [7, 11) is 0. The first-order valence-corrected chi connectivity index (χ1v) is 9.40. The lowest BCUT2D eigenvalue weighted by molar-refractivity contribution is -0.134. The van der Waals surface area contributed by atoms with Gasteiger partial charge in [0.15, 0.2) is 5.75 Å². The summed E-state index contributed by atoms with van der Waals surface area (Å²) in [5.41, 5.74) is 1.33. The van der Waals surface area contributed by atoms with Crippen molar-refractivity contribution in [3.8, 4) is 5.75 Å². The van der Waals surface area contributed by atoms with E-state index in [0.29, 0.717) is 24.0 Å². The van der Waals surface area contributed by atoms with Crippen LogP contribution < -0.4 is 10.1 Å². The number of esters is 1. The molecule has 1 atom stereocenters. The molecular formula is C21H29N3O2. The summed E-state index contributed by atoms with van der Waals surface area (Å²) in [6.07, 6.45) is 6.94. The number of hydrogen-bond acceptors (Lipinski definition) is 5. The first-order valence-electron chi connectivity index (χ1n) is 9.40. The molecule has 0 bridgehead atoms. The lowest BCUT2D eigenvalue weighted by Gasteiger charge is -2.19. The molecular weight excluding hydrogens is 326 g/mol. The van der Waals surface area contributed by atoms with E-state index >= 15 is 0 Å². The van der Waals surface area contributed by atoms with E-state index < -0.39 is 0 Å². The minimum atomic E-state index is -0.288. The third kappa shape index (κ3) is 6.82. The Bertz CT molecular complexity index is 657. The number of nitrogens with zero attached hydrogens (tertiary/aromatic N) is 2. The van der Waals surface area contributed by atoms with Crippen molar-refractivity contribution in [3.05, 3.63) is 48.3 Å². The van der Waals surface area contributed by atoms with Gasteiger partial charge in [-0.2, -0.15) is 0 Å². The first-order chi connectivity index (χ1) is 12.6. The molecule has 0 radical (unpaired) electrons. The van der Waals surface area contributed by atoms with E-state index in [1.54, 1.807) is 6.92 Å². The Morgan fingerprint density at radius 2 is 1.81 bits per heavy atom. The molecule has 0 aliphatic carbocycles. The number of carbonyl (C=O) groups is 1. The van der Waals surface area contributed by atoms with Crippen molar-refractivity contribution in [1.82, 2.24) is 9.97 Å². The highest BCUT2D eigenvalue weighted by molar-refractivity contribution is 5.71. The van der Waals surface area contributed by atoms with Crippen LogP contribution in [0.2, 0.25) is 0 Å². The second kappa shape index (κ2) is 10.5. The average molecular weight is 355 g/mol. The number of carbonyl (C=O) groups excluding carboxylic acids is 1. The monoisotopic (exact) mass is 355 g/mol. The fourth-order valence-corrected chi connectivity index (χ4v) is 2.76. The topological polar surface area (TPSA) is 64.1 Å². The van der Waals surface area contributed by atoms with Crippen molar-refractivity contribution in [2.45, 2.75) is 52.4 Å². The maximum atomic E-state index is 11.3. The van der Waals surface area contributed by atoms with Gasteiger partial charge in [-0.25, -0.2) is 9.97 Å². The molecule has 0 spiro atoms. The van der Waals surface area contributed by atoms with Gasteiger partial charge in [0.25, 0.3) is 0 Å². The average Bonchev–Trinajstić information content (AvgIpc) is 2.66. The van der Waals surface area contributed by atoms with Crippen LogP contribution >= 0.6 is 0 Å². The molecule has 0 aliphatic rings. The maximum absolute atomic E-state index is 11.3. The van der Waals surface area contributed by atoms with Gasteiger partial charge in [0, 0.05) is 18.9 Å². The van der Waals surface area contributed by atoms with E-state index in [9.17, 15) is 4.79 Å². The zero-order chi connectivity index (χ0) is 18.8. The molecule has 1 unspecified atom stereocenters. The summed E-state index contributed by atoms with van der Waals surface area (Å²) in [6.45, 7) is 7.05. The molecule has 0 aliphatic heterocycles. The number of ether oxygens (including phenoxy) is 1. The van der Waals surface area contributed by atoms with Gasteiger partial charge < -0.3 is 10.1 Å². The Hall–Kier alpha value is -2.43. The van der Waals surface area contributed by atoms with Gasteiger partial charge in [-0.05, 0) is 17.9 Å². The van der Waals surface area contributed by atoms with Gasteiger partial charge in [0.1, 0.15) is 0 Å². The molecule has 1 aromatic carbocycles. The molecule has 1 N–H and O–H groups in total. The summed E-state index contributed by atoms with van der Waals surface area (Å²) in [6, 6.07) is 10.6. The molecule has 2 aromatic rings. The van der Waals surface area contributed by atoms with E-state index in [4.69, 9.17) is 4.74 Å². The molecule has 1 aromatic heterocycles. The lowest BCUT2D eigenvalue weighted by Crippen LogP contribution is -2.15. The van der Waals surface area contributed by atoms with Crippen molar-refractivity contribution in [2.24, 2.45) is 5.92 Å². The third-order valence-corrected chi connectivity index (χ3v) is 4.26. The van der Waals surface area contributed by atoms with Crippen LogP contribution in [-0.2, 0) is 4.79 Å². The molecule has 0 saturated carbocycles. The van der Waals surface area contributed by atoms with Crippen LogP contribution in [0, 0.1) is 5.92 Å². The molecule has 1 heterocycles. The van der Waals surface area contributed by atoms with Gasteiger partial charge in [0.2, 0.25) is 5.95 Å². The highest BCUT2D eigenvalue weighted by Gasteiger charge is 2.12. The van der Waals surface area contributed by atoms with E-state index in [1.165, 1.54) is 30.8 Å². The van der Waals surface area contributed by atoms with Crippen LogP contribution in [0.3, 0.4) is 0 Å². The van der Waals surface area contributed by atoms with Crippen molar-refractivity contribution >= 4 is 11.9 Å². The van der Waals surface area contributed by atoms with Gasteiger partial charge in [-0.15, -0.1) is 0 Å². The second-order valence-corrected chi connectivity index (χ2v) is 6.88. The van der Waals surface area contributed by atoms with E-state index in [2.05, 4.69) is 53.4 Å². The summed E-state index contributed by atoms with van der Waals surface area (Å²) in [5, 5.41) is 3.31. The number of aromatic nitrogens is 2. The van der Waals surface area contributed by atoms with Gasteiger partial charge in [-0.1, -0.05) is 63.9 Å². The third-order valence-electron chi connectivity index (χ3n) is 4.26. The minimum Gasteiger partial charge on any atom is -0.423 e. The normalized spacial score (nSPS) is 12.0. The largest absolute Gasteiger partial charge is 0.423 e. The Morgan fingerprint density at radius 1 is 1.12 bits per heavy atom. The highest BCUT2D eigenvalue weighted by atomic mass is 16.5. The fourth-order valence-electron chi connectivity index (χ4n) is 2.76. The molecule has 0 fully saturated rings. The zero-order valence-electron chi connectivity index (χ0n) is 15.9. The predicted octanol–water partition coefficient (Wildman–Crippen LogP) is 4.81. The molecule has 2 rings (SSSR count). The summed E-state index contributed by atoms with van der Waals surface area (Å²) < 4.78 is 5.10. The number of nitrogens with one attached hydrogen (secondary N) is 1. The maximum Gasteiger partial charge on any atom is 0.311 e. The number of hydrogen-bond donors (Lipinski definition) is 1. The van der Waals surface area contributed by atoms with Crippen molar-refractivity contribution in [2.75, 3.05) is 11.9 Å². The van der Waals surface area contributed by atoms with Crippen LogP contribution in [0.4, 0.5) is 5.95 Å². The number of anilines is 1. The van der Waals surface area contributed by atoms with Crippen molar-refractivity contribution < 1.29 is 9.53 Å². The number of rotatable bonds is 10. The lowest BCUT2D eigenvalue weighted by atomic mass is 9.92. The SMILES string of the molecule is CCC(=O)Oc1cnc(NCC(CCCC(C)C)c2ccccc2)nc1. The Balaban J connectivity index is 1.94.